The molecule has 0 spiro atoms. The average molecular weight is 333 g/mol. The molecule has 0 aliphatic heterocycles. The summed E-state index contributed by atoms with van der Waals surface area (Å²) in [6.07, 6.45) is 12.3. The third-order valence-corrected chi connectivity index (χ3v) is 9.55. The monoisotopic (exact) mass is 332 g/mol. The van der Waals surface area contributed by atoms with E-state index in [1.54, 1.807) is 0 Å². The Hall–Kier alpha value is -0.0400. The van der Waals surface area contributed by atoms with Gasteiger partial charge in [0.1, 0.15) is 0 Å². The Morgan fingerprint density at radius 3 is 2.42 bits per heavy atom. The van der Waals surface area contributed by atoms with Gasteiger partial charge in [0.2, 0.25) is 0 Å². The second-order valence-electron chi connectivity index (χ2n) is 10.6. The highest BCUT2D eigenvalue weighted by Gasteiger charge is 2.63. The second-order valence-corrected chi connectivity index (χ2v) is 10.6. The van der Waals surface area contributed by atoms with Crippen LogP contribution in [0.15, 0.2) is 0 Å². The van der Waals surface area contributed by atoms with E-state index in [0.29, 0.717) is 16.9 Å². The van der Waals surface area contributed by atoms with Gasteiger partial charge in [0, 0.05) is 6.61 Å². The molecule has 0 aromatic carbocycles. The van der Waals surface area contributed by atoms with E-state index in [9.17, 15) is 0 Å². The second kappa shape index (κ2) is 6.00. The number of ether oxygens (including phenoxy) is 1. The Labute approximate surface area is 150 Å². The Kier molecular flexibility index (Phi) is 4.34. The Balaban J connectivity index is 1.75. The molecule has 1 heteroatoms. The summed E-state index contributed by atoms with van der Waals surface area (Å²) in [6.45, 7) is 13.5. The lowest BCUT2D eigenvalue weighted by molar-refractivity contribution is -0.210. The number of rotatable bonds is 2. The lowest BCUT2D eigenvalue weighted by Crippen LogP contribution is -2.62. The fourth-order valence-corrected chi connectivity index (χ4v) is 8.61. The Morgan fingerprint density at radius 1 is 0.917 bits per heavy atom. The van der Waals surface area contributed by atoms with Crippen LogP contribution in [0.2, 0.25) is 0 Å². The van der Waals surface area contributed by atoms with Crippen LogP contribution in [0.3, 0.4) is 0 Å². The molecule has 1 unspecified atom stereocenters. The molecule has 0 saturated heterocycles. The van der Waals surface area contributed by atoms with Crippen molar-refractivity contribution in [2.45, 2.75) is 92.1 Å². The molecule has 1 nitrogen and oxygen atoms in total. The third kappa shape index (κ3) is 2.29. The first kappa shape index (κ1) is 17.4. The summed E-state index contributed by atoms with van der Waals surface area (Å²) in [6, 6.07) is 0. The Bertz CT molecular complexity index is 473. The largest absolute Gasteiger partial charge is 0.378 e. The smallest absolute Gasteiger partial charge is 0.0639 e. The van der Waals surface area contributed by atoms with E-state index in [1.165, 1.54) is 51.4 Å². The van der Waals surface area contributed by atoms with Crippen LogP contribution in [0.1, 0.15) is 86.0 Å². The number of hydrogen-bond donors (Lipinski definition) is 0. The molecule has 0 N–H and O–H groups in total. The predicted octanol–water partition coefficient (Wildman–Crippen LogP) is 6.32. The van der Waals surface area contributed by atoms with Gasteiger partial charge < -0.3 is 4.74 Å². The average Bonchev–Trinajstić information content (AvgIpc) is 2.93. The van der Waals surface area contributed by atoms with Crippen LogP contribution >= 0.6 is 0 Å². The molecular weight excluding hydrogens is 292 g/mol. The van der Waals surface area contributed by atoms with Gasteiger partial charge >= 0.3 is 0 Å². The maximum atomic E-state index is 6.53. The van der Waals surface area contributed by atoms with Crippen molar-refractivity contribution in [3.8, 4) is 0 Å². The van der Waals surface area contributed by atoms with E-state index in [-0.39, 0.29) is 0 Å². The van der Waals surface area contributed by atoms with E-state index >= 15 is 0 Å². The topological polar surface area (TPSA) is 9.23 Å². The summed E-state index contributed by atoms with van der Waals surface area (Å²) in [5.74, 6) is 5.27. The van der Waals surface area contributed by atoms with Crippen LogP contribution in [-0.2, 0) is 4.74 Å². The molecule has 0 radical (unpaired) electrons. The van der Waals surface area contributed by atoms with E-state index in [2.05, 4.69) is 34.6 Å². The van der Waals surface area contributed by atoms with Crippen molar-refractivity contribution in [2.24, 2.45) is 46.3 Å². The number of hydrogen-bond acceptors (Lipinski definition) is 1. The molecule has 0 bridgehead atoms. The summed E-state index contributed by atoms with van der Waals surface area (Å²) in [7, 11) is 0. The summed E-state index contributed by atoms with van der Waals surface area (Å²) >= 11 is 0. The normalized spacial score (nSPS) is 57.1. The predicted molar refractivity (Wildman–Crippen MR) is 101 cm³/mol. The fourth-order valence-electron chi connectivity index (χ4n) is 8.61. The van der Waals surface area contributed by atoms with Gasteiger partial charge in [-0.1, -0.05) is 47.0 Å². The highest BCUT2D eigenvalue weighted by atomic mass is 16.5. The Morgan fingerprint density at radius 2 is 1.67 bits per heavy atom. The molecule has 0 aromatic rings. The van der Waals surface area contributed by atoms with Gasteiger partial charge in [0.05, 0.1) is 6.10 Å². The first-order chi connectivity index (χ1) is 11.4. The van der Waals surface area contributed by atoms with Gasteiger partial charge in [-0.15, -0.1) is 0 Å². The van der Waals surface area contributed by atoms with Crippen LogP contribution in [0, 0.1) is 46.3 Å². The van der Waals surface area contributed by atoms with Crippen LogP contribution in [0.5, 0.6) is 0 Å². The van der Waals surface area contributed by atoms with E-state index in [0.717, 1.165) is 42.1 Å². The molecule has 0 amide bonds. The van der Waals surface area contributed by atoms with Crippen molar-refractivity contribution in [1.82, 2.24) is 0 Å². The zero-order valence-corrected chi connectivity index (χ0v) is 16.8. The highest BCUT2D eigenvalue weighted by molar-refractivity contribution is 5.11. The standard InChI is InChI=1S/C23H40O/c1-6-24-21-16(3)19-17-10-8-12-22(17,4)14-11-18(19)23(5)13-7-9-15(2)20(21)23/h15-21H,6-14H2,1-5H3/t15?,16-,17+,18+,19+,20-,21-,22+,23-/m1/s1. The minimum Gasteiger partial charge on any atom is -0.378 e. The zero-order chi connectivity index (χ0) is 17.1. The SMILES string of the molecule is CCO[C@@H]1[C@H](C)[C@H]2[C@@H]3CCC[C@@]3(C)CC[C@@H]2[C@@]2(C)CCCC(C)[C@H]12. The van der Waals surface area contributed by atoms with Gasteiger partial charge in [0.25, 0.3) is 0 Å². The zero-order valence-electron chi connectivity index (χ0n) is 16.8. The van der Waals surface area contributed by atoms with E-state index < -0.39 is 0 Å². The summed E-state index contributed by atoms with van der Waals surface area (Å²) in [5, 5.41) is 0. The molecule has 9 atom stereocenters. The van der Waals surface area contributed by atoms with Gasteiger partial charge in [0.15, 0.2) is 0 Å². The van der Waals surface area contributed by atoms with Gasteiger partial charge in [-0.3, -0.25) is 0 Å². The maximum absolute atomic E-state index is 6.53. The quantitative estimate of drug-likeness (QED) is 0.575. The molecule has 4 saturated carbocycles. The molecule has 4 rings (SSSR count). The molecule has 138 valence electrons. The molecule has 4 fully saturated rings. The van der Waals surface area contributed by atoms with Crippen LogP contribution < -0.4 is 0 Å². The third-order valence-electron chi connectivity index (χ3n) is 9.55. The van der Waals surface area contributed by atoms with Crippen molar-refractivity contribution in [3.63, 3.8) is 0 Å². The minimum absolute atomic E-state index is 0.513. The van der Waals surface area contributed by atoms with Gasteiger partial charge in [-0.2, -0.15) is 0 Å². The van der Waals surface area contributed by atoms with Gasteiger partial charge in [-0.05, 0) is 85.4 Å². The molecule has 4 aliphatic rings. The number of fused-ring (bicyclic) bond motifs is 5. The van der Waals surface area contributed by atoms with Crippen LogP contribution in [0.25, 0.3) is 0 Å². The fraction of sp³-hybridized carbons (Fsp3) is 1.00. The lowest BCUT2D eigenvalue weighted by Gasteiger charge is -2.65. The van der Waals surface area contributed by atoms with E-state index in [4.69, 9.17) is 4.74 Å². The van der Waals surface area contributed by atoms with E-state index in [1.807, 2.05) is 0 Å². The molecular formula is C23H40O. The lowest BCUT2D eigenvalue weighted by atomic mass is 9.41. The maximum Gasteiger partial charge on any atom is 0.0639 e. The van der Waals surface area contributed by atoms with Crippen molar-refractivity contribution in [3.05, 3.63) is 0 Å². The van der Waals surface area contributed by atoms with Crippen molar-refractivity contribution < 1.29 is 4.74 Å². The van der Waals surface area contributed by atoms with Crippen molar-refractivity contribution in [2.75, 3.05) is 6.61 Å². The van der Waals surface area contributed by atoms with Crippen LogP contribution in [-0.4, -0.2) is 12.7 Å². The first-order valence-corrected chi connectivity index (χ1v) is 11.0. The minimum atomic E-state index is 0.513. The summed E-state index contributed by atoms with van der Waals surface area (Å²) < 4.78 is 6.53. The molecule has 4 aliphatic carbocycles. The van der Waals surface area contributed by atoms with Crippen LogP contribution in [0.4, 0.5) is 0 Å². The van der Waals surface area contributed by atoms with Gasteiger partial charge in [-0.25, -0.2) is 0 Å². The summed E-state index contributed by atoms with van der Waals surface area (Å²) in [5.41, 5.74) is 1.19. The summed E-state index contributed by atoms with van der Waals surface area (Å²) in [4.78, 5) is 0. The molecule has 0 heterocycles. The van der Waals surface area contributed by atoms with Crippen molar-refractivity contribution >= 4 is 0 Å². The molecule has 24 heavy (non-hydrogen) atoms. The first-order valence-electron chi connectivity index (χ1n) is 11.0. The highest BCUT2D eigenvalue weighted by Crippen LogP contribution is 2.68. The van der Waals surface area contributed by atoms with Crippen molar-refractivity contribution in [1.29, 1.82) is 0 Å². The molecule has 0 aromatic heterocycles.